The lowest BCUT2D eigenvalue weighted by Gasteiger charge is -2.03. The van der Waals surface area contributed by atoms with Crippen LogP contribution in [0.1, 0.15) is 11.3 Å². The van der Waals surface area contributed by atoms with Crippen molar-refractivity contribution >= 4 is 11.6 Å². The number of aromatic nitrogens is 3. The number of nitrogens with zero attached hydrogens (tertiary/aromatic N) is 2. The van der Waals surface area contributed by atoms with Crippen molar-refractivity contribution in [3.05, 3.63) is 46.1 Å². The summed E-state index contributed by atoms with van der Waals surface area (Å²) in [6.45, 7) is 1.69. The molecule has 21 heavy (non-hydrogen) atoms. The van der Waals surface area contributed by atoms with Gasteiger partial charge in [-0.25, -0.2) is 9.50 Å². The Balaban J connectivity index is 2.16. The SMILES string of the molecule is COC(=O)Cc1c(C)nc2cc(-c3ccco3)[nH]n2c1=O. The van der Waals surface area contributed by atoms with Gasteiger partial charge in [-0.2, -0.15) is 0 Å². The number of carbonyl (C=O) groups excluding carboxylic acids is 1. The number of aryl methyl sites for hydroxylation is 1. The third-order valence-electron chi connectivity index (χ3n) is 3.25. The van der Waals surface area contributed by atoms with E-state index in [2.05, 4.69) is 14.8 Å². The molecule has 3 rings (SSSR count). The lowest BCUT2D eigenvalue weighted by atomic mass is 10.2. The summed E-state index contributed by atoms with van der Waals surface area (Å²) in [4.78, 5) is 28.2. The van der Waals surface area contributed by atoms with Gasteiger partial charge < -0.3 is 9.15 Å². The van der Waals surface area contributed by atoms with Crippen LogP contribution in [0.15, 0.2) is 33.7 Å². The number of hydrogen-bond donors (Lipinski definition) is 1. The predicted octanol–water partition coefficient (Wildman–Crippen LogP) is 1.31. The molecule has 0 bridgehead atoms. The standard InChI is InChI=1S/C14H13N3O4/c1-8-9(6-13(18)20-2)14(19)17-12(15-8)7-10(16-17)11-4-3-5-21-11/h3-5,7,16H,6H2,1-2H3. The number of esters is 1. The van der Waals surface area contributed by atoms with E-state index in [1.165, 1.54) is 11.6 Å². The summed E-state index contributed by atoms with van der Waals surface area (Å²) < 4.78 is 11.2. The minimum atomic E-state index is -0.477. The highest BCUT2D eigenvalue weighted by Crippen LogP contribution is 2.19. The zero-order valence-electron chi connectivity index (χ0n) is 11.5. The molecule has 0 radical (unpaired) electrons. The van der Waals surface area contributed by atoms with Gasteiger partial charge in [0.05, 0.1) is 25.4 Å². The predicted molar refractivity (Wildman–Crippen MR) is 74.0 cm³/mol. The first-order chi connectivity index (χ1) is 10.1. The van der Waals surface area contributed by atoms with Gasteiger partial charge in [-0.1, -0.05) is 0 Å². The molecule has 0 aliphatic carbocycles. The van der Waals surface area contributed by atoms with E-state index >= 15 is 0 Å². The smallest absolute Gasteiger partial charge is 0.310 e. The lowest BCUT2D eigenvalue weighted by molar-refractivity contribution is -0.139. The Morgan fingerprint density at radius 1 is 1.52 bits per heavy atom. The zero-order chi connectivity index (χ0) is 15.0. The molecule has 0 aromatic carbocycles. The highest BCUT2D eigenvalue weighted by Gasteiger charge is 2.16. The molecule has 7 nitrogen and oxygen atoms in total. The van der Waals surface area contributed by atoms with Crippen molar-refractivity contribution in [1.29, 1.82) is 0 Å². The van der Waals surface area contributed by atoms with Gasteiger partial charge in [0, 0.05) is 11.8 Å². The normalized spacial score (nSPS) is 11.0. The maximum atomic E-state index is 12.4. The number of H-pyrrole nitrogens is 1. The number of nitrogens with one attached hydrogen (secondary N) is 1. The number of aromatic amines is 1. The molecule has 0 aliphatic rings. The van der Waals surface area contributed by atoms with Crippen LogP contribution < -0.4 is 5.56 Å². The van der Waals surface area contributed by atoms with Gasteiger partial charge in [0.1, 0.15) is 5.69 Å². The topological polar surface area (TPSA) is 89.6 Å². The van der Waals surface area contributed by atoms with Gasteiger partial charge in [-0.3, -0.25) is 14.7 Å². The summed E-state index contributed by atoms with van der Waals surface area (Å²) >= 11 is 0. The third kappa shape index (κ3) is 2.22. The van der Waals surface area contributed by atoms with Crippen molar-refractivity contribution in [2.45, 2.75) is 13.3 Å². The molecule has 3 heterocycles. The molecule has 7 heteroatoms. The number of hydrogen-bond acceptors (Lipinski definition) is 5. The number of furan rings is 1. The number of rotatable bonds is 3. The van der Waals surface area contributed by atoms with E-state index in [0.29, 0.717) is 28.4 Å². The minimum absolute atomic E-state index is 0.105. The maximum absolute atomic E-state index is 12.4. The molecule has 1 N–H and O–H groups in total. The fraction of sp³-hybridized carbons (Fsp3) is 0.214. The largest absolute Gasteiger partial charge is 0.469 e. The average Bonchev–Trinajstić information content (AvgIpc) is 3.11. The van der Waals surface area contributed by atoms with Crippen LogP contribution in [0.2, 0.25) is 0 Å². The molecule has 108 valence electrons. The molecular weight excluding hydrogens is 274 g/mol. The van der Waals surface area contributed by atoms with Crippen LogP contribution in [0.3, 0.4) is 0 Å². The van der Waals surface area contributed by atoms with Crippen LogP contribution in [0.5, 0.6) is 0 Å². The minimum Gasteiger partial charge on any atom is -0.469 e. The first kappa shape index (κ1) is 13.2. The van der Waals surface area contributed by atoms with Gasteiger partial charge in [0.15, 0.2) is 11.4 Å². The molecule has 0 aliphatic heterocycles. The molecule has 0 saturated carbocycles. The van der Waals surface area contributed by atoms with Crippen molar-refractivity contribution in [2.24, 2.45) is 0 Å². The summed E-state index contributed by atoms with van der Waals surface area (Å²) in [5.74, 6) is 0.127. The van der Waals surface area contributed by atoms with Crippen LogP contribution in [-0.4, -0.2) is 27.7 Å². The second kappa shape index (κ2) is 4.93. The van der Waals surface area contributed by atoms with Crippen LogP contribution in [0.25, 0.3) is 17.1 Å². The average molecular weight is 287 g/mol. The Bertz CT molecular complexity index is 858. The van der Waals surface area contributed by atoms with Gasteiger partial charge >= 0.3 is 5.97 Å². The molecule has 0 atom stereocenters. The molecule has 0 unspecified atom stereocenters. The monoisotopic (exact) mass is 287 g/mol. The Hall–Kier alpha value is -2.83. The lowest BCUT2D eigenvalue weighted by Crippen LogP contribution is -2.24. The Morgan fingerprint density at radius 2 is 2.33 bits per heavy atom. The fourth-order valence-corrected chi connectivity index (χ4v) is 2.15. The molecular formula is C14H13N3O4. The van der Waals surface area contributed by atoms with Crippen molar-refractivity contribution in [2.75, 3.05) is 7.11 Å². The Kier molecular flexibility index (Phi) is 3.09. The van der Waals surface area contributed by atoms with Crippen molar-refractivity contribution in [3.8, 4) is 11.5 Å². The fourth-order valence-electron chi connectivity index (χ4n) is 2.15. The Morgan fingerprint density at radius 3 is 3.00 bits per heavy atom. The summed E-state index contributed by atoms with van der Waals surface area (Å²) in [5, 5.41) is 2.92. The van der Waals surface area contributed by atoms with Crippen LogP contribution >= 0.6 is 0 Å². The highest BCUT2D eigenvalue weighted by molar-refractivity contribution is 5.72. The number of methoxy groups -OCH3 is 1. The maximum Gasteiger partial charge on any atom is 0.310 e. The van der Waals surface area contributed by atoms with Gasteiger partial charge in [0.25, 0.3) is 5.56 Å². The second-order valence-corrected chi connectivity index (χ2v) is 4.57. The number of ether oxygens (including phenoxy) is 1. The van der Waals surface area contributed by atoms with Crippen molar-refractivity contribution in [1.82, 2.24) is 14.6 Å². The highest BCUT2D eigenvalue weighted by atomic mass is 16.5. The molecule has 0 spiro atoms. The van der Waals surface area contributed by atoms with E-state index in [1.807, 2.05) is 0 Å². The first-order valence-corrected chi connectivity index (χ1v) is 6.32. The third-order valence-corrected chi connectivity index (χ3v) is 3.25. The Labute approximate surface area is 119 Å². The van der Waals surface area contributed by atoms with Crippen LogP contribution in [0, 0.1) is 6.92 Å². The van der Waals surface area contributed by atoms with E-state index < -0.39 is 5.97 Å². The van der Waals surface area contributed by atoms with E-state index in [4.69, 9.17) is 4.42 Å². The van der Waals surface area contributed by atoms with Crippen molar-refractivity contribution < 1.29 is 13.9 Å². The number of fused-ring (bicyclic) bond motifs is 1. The summed E-state index contributed by atoms with van der Waals surface area (Å²) in [7, 11) is 1.28. The van der Waals surface area contributed by atoms with E-state index in [9.17, 15) is 9.59 Å². The summed E-state index contributed by atoms with van der Waals surface area (Å²) in [6, 6.07) is 5.25. The van der Waals surface area contributed by atoms with Crippen LogP contribution in [-0.2, 0) is 16.0 Å². The molecule has 0 saturated heterocycles. The summed E-state index contributed by atoms with van der Waals surface area (Å²) in [5.41, 5.74) is 1.61. The van der Waals surface area contributed by atoms with Gasteiger partial charge in [-0.15, -0.1) is 0 Å². The molecule has 3 aromatic rings. The van der Waals surface area contributed by atoms with Crippen LogP contribution in [0.4, 0.5) is 0 Å². The number of carbonyl (C=O) groups is 1. The molecule has 0 amide bonds. The van der Waals surface area contributed by atoms with E-state index in [0.717, 1.165) is 0 Å². The second-order valence-electron chi connectivity index (χ2n) is 4.57. The quantitative estimate of drug-likeness (QED) is 0.733. The zero-order valence-corrected chi connectivity index (χ0v) is 11.5. The molecule has 3 aromatic heterocycles. The first-order valence-electron chi connectivity index (χ1n) is 6.32. The van der Waals surface area contributed by atoms with E-state index in [-0.39, 0.29) is 12.0 Å². The van der Waals surface area contributed by atoms with Gasteiger partial charge in [-0.05, 0) is 19.1 Å². The van der Waals surface area contributed by atoms with Gasteiger partial charge in [0.2, 0.25) is 0 Å². The van der Waals surface area contributed by atoms with E-state index in [1.54, 1.807) is 31.4 Å². The van der Waals surface area contributed by atoms with Crippen molar-refractivity contribution in [3.63, 3.8) is 0 Å². The molecule has 0 fully saturated rings. The summed E-state index contributed by atoms with van der Waals surface area (Å²) in [6.07, 6.45) is 1.44.